The third-order valence-corrected chi connectivity index (χ3v) is 6.16. The van der Waals surface area contributed by atoms with Gasteiger partial charge in [-0.2, -0.15) is 10.3 Å². The van der Waals surface area contributed by atoms with E-state index in [1.165, 1.54) is 100 Å². The Hall–Kier alpha value is -4.66. The van der Waals surface area contributed by atoms with Gasteiger partial charge in [-0.1, -0.05) is 38.5 Å². The third kappa shape index (κ3) is 15.5. The molecule has 0 atom stereocenters. The van der Waals surface area contributed by atoms with Gasteiger partial charge in [0.2, 0.25) is 6.08 Å². The van der Waals surface area contributed by atoms with Crippen molar-refractivity contribution in [3.05, 3.63) is 68.8 Å². The number of nitrogens with one attached hydrogen (secondary N) is 2. The Bertz CT molecular complexity index is 1140. The van der Waals surface area contributed by atoms with E-state index in [4.69, 9.17) is 11.0 Å². The van der Waals surface area contributed by atoms with Gasteiger partial charge in [0.15, 0.2) is 0 Å². The predicted molar refractivity (Wildman–Crippen MR) is 155 cm³/mol. The molecule has 13 heteroatoms. The van der Waals surface area contributed by atoms with Crippen LogP contribution in [0.3, 0.4) is 0 Å². The van der Waals surface area contributed by atoms with Crippen molar-refractivity contribution in [2.75, 3.05) is 5.32 Å². The van der Waals surface area contributed by atoms with Crippen LogP contribution in [0.5, 0.6) is 0 Å². The maximum Gasteiger partial charge on any atom is 0.319 e. The number of hydrogen-bond acceptors (Lipinski definition) is 9. The first-order chi connectivity index (χ1) is 19.7. The molecule has 0 spiro atoms. The number of carbonyl (C=O) groups is 1. The highest BCUT2D eigenvalue weighted by Crippen LogP contribution is 2.19. The van der Waals surface area contributed by atoms with E-state index in [1.807, 2.05) is 0 Å². The van der Waals surface area contributed by atoms with Crippen LogP contribution in [0.2, 0.25) is 0 Å². The minimum atomic E-state index is -0.519. The summed E-state index contributed by atoms with van der Waals surface area (Å²) < 4.78 is 0. The second kappa shape index (κ2) is 20.3. The van der Waals surface area contributed by atoms with E-state index in [9.17, 15) is 29.8 Å². The van der Waals surface area contributed by atoms with Gasteiger partial charge in [-0.05, 0) is 49.9 Å². The number of nitrogens with two attached hydrogens (primary N) is 1. The summed E-state index contributed by atoms with van der Waals surface area (Å²) in [5, 5.41) is 33.6. The van der Waals surface area contributed by atoms with Gasteiger partial charge in [0.25, 0.3) is 11.4 Å². The summed E-state index contributed by atoms with van der Waals surface area (Å²) >= 11 is 0. The number of amides is 2. The molecule has 0 heterocycles. The Kier molecular flexibility index (Phi) is 17.0. The van der Waals surface area contributed by atoms with Gasteiger partial charge in [-0.3, -0.25) is 20.2 Å². The Balaban J connectivity index is 0.000000324. The monoisotopic (exact) mass is 567 g/mol. The van der Waals surface area contributed by atoms with E-state index in [-0.39, 0.29) is 23.4 Å². The number of carbonyl (C=O) groups excluding carboxylic acids is 2. The molecule has 0 aliphatic heterocycles. The van der Waals surface area contributed by atoms with E-state index in [2.05, 4.69) is 15.6 Å². The van der Waals surface area contributed by atoms with E-state index < -0.39 is 9.85 Å². The molecule has 220 valence electrons. The fraction of sp³-hybridized carbons (Fsp3) is 0.464. The molecule has 4 N–H and O–H groups in total. The number of anilines is 1. The number of urea groups is 1. The summed E-state index contributed by atoms with van der Waals surface area (Å²) in [6.45, 7) is 1.43. The largest absolute Gasteiger partial charge is 0.335 e. The van der Waals surface area contributed by atoms with Crippen LogP contribution in [0.1, 0.15) is 71.1 Å². The maximum absolute atomic E-state index is 11.7. The number of non-ortho nitro benzene ring substituents is 2. The van der Waals surface area contributed by atoms with E-state index in [0.717, 1.165) is 25.7 Å². The lowest BCUT2D eigenvalue weighted by molar-refractivity contribution is -0.385. The Labute approximate surface area is 239 Å². The van der Waals surface area contributed by atoms with Crippen LogP contribution in [0.15, 0.2) is 53.5 Å². The molecule has 2 aromatic rings. The van der Waals surface area contributed by atoms with Crippen LogP contribution in [-0.2, 0) is 4.79 Å². The zero-order valence-corrected chi connectivity index (χ0v) is 23.2. The number of rotatable bonds is 5. The number of nitro benzene ring substituents is 2. The van der Waals surface area contributed by atoms with Crippen molar-refractivity contribution < 1.29 is 19.4 Å². The molecule has 2 aliphatic carbocycles. The van der Waals surface area contributed by atoms with Gasteiger partial charge < -0.3 is 16.4 Å². The molecular formula is C28H37N7O6. The quantitative estimate of drug-likeness (QED) is 0.158. The summed E-state index contributed by atoms with van der Waals surface area (Å²) in [7, 11) is 0. The number of benzene rings is 2. The minimum Gasteiger partial charge on any atom is -0.335 e. The van der Waals surface area contributed by atoms with Gasteiger partial charge in [0.05, 0.1) is 21.6 Å². The highest BCUT2D eigenvalue weighted by Gasteiger charge is 2.15. The van der Waals surface area contributed by atoms with Crippen LogP contribution < -0.4 is 16.4 Å². The summed E-state index contributed by atoms with van der Waals surface area (Å²) in [5.74, 6) is 0. The summed E-state index contributed by atoms with van der Waals surface area (Å²) in [6.07, 6.45) is 13.6. The molecule has 0 radical (unpaired) electrons. The Morgan fingerprint density at radius 1 is 0.878 bits per heavy atom. The molecule has 4 rings (SSSR count). The van der Waals surface area contributed by atoms with Gasteiger partial charge in [0.1, 0.15) is 0 Å². The second-order valence-electron chi connectivity index (χ2n) is 9.34. The number of aliphatic imine (C=N–C) groups is 1. The van der Waals surface area contributed by atoms with Crippen molar-refractivity contribution in [3.8, 4) is 6.07 Å². The number of isocyanates is 1. The molecule has 0 saturated heterocycles. The molecule has 2 fully saturated rings. The SMILES string of the molecule is CC#N.NC1CCCCC1.O=C(Nc1ccc([N+](=O)[O-])cc1)NC1CCCCC1.O=C=Nc1ccc([N+](=O)[O-])cc1. The van der Waals surface area contributed by atoms with Gasteiger partial charge in [0, 0.05) is 49.0 Å². The minimum absolute atomic E-state index is 0.0123. The lowest BCUT2D eigenvalue weighted by Gasteiger charge is -2.22. The van der Waals surface area contributed by atoms with Crippen molar-refractivity contribution in [1.82, 2.24) is 5.32 Å². The second-order valence-corrected chi connectivity index (χ2v) is 9.34. The lowest BCUT2D eigenvalue weighted by Crippen LogP contribution is -2.38. The van der Waals surface area contributed by atoms with Crippen LogP contribution in [-0.4, -0.2) is 34.0 Å². The zero-order valence-electron chi connectivity index (χ0n) is 23.2. The average Bonchev–Trinajstić information content (AvgIpc) is 2.96. The van der Waals surface area contributed by atoms with E-state index >= 15 is 0 Å². The number of hydrogen-bond donors (Lipinski definition) is 3. The van der Waals surface area contributed by atoms with Crippen molar-refractivity contribution in [3.63, 3.8) is 0 Å². The highest BCUT2D eigenvalue weighted by atomic mass is 16.6. The first-order valence-corrected chi connectivity index (χ1v) is 13.4. The molecule has 0 aromatic heterocycles. The summed E-state index contributed by atoms with van der Waals surface area (Å²) in [5.41, 5.74) is 6.53. The number of nitriles is 1. The van der Waals surface area contributed by atoms with E-state index in [0.29, 0.717) is 17.4 Å². The van der Waals surface area contributed by atoms with E-state index in [1.54, 1.807) is 6.07 Å². The molecule has 2 aromatic carbocycles. The first kappa shape index (κ1) is 34.4. The standard InChI is InChI=1S/C13H17N3O3.C7H4N2O3.C6H13N.C2H3N/c17-13(14-10-4-2-1-3-5-10)15-11-6-8-12(9-7-11)16(18)19;10-5-8-6-1-3-7(4-2-6)9(11)12;7-6-4-2-1-3-5-6;1-2-3/h6-10H,1-5H2,(H2,14,15,17);1-4H;6H,1-5,7H2;1H3. The van der Waals surface area contributed by atoms with Gasteiger partial charge >= 0.3 is 6.03 Å². The van der Waals surface area contributed by atoms with Crippen molar-refractivity contribution >= 4 is 34.9 Å². The molecule has 0 unspecified atom stereocenters. The van der Waals surface area contributed by atoms with Crippen LogP contribution >= 0.6 is 0 Å². The summed E-state index contributed by atoms with van der Waals surface area (Å²) in [4.78, 5) is 44.5. The van der Waals surface area contributed by atoms with Crippen molar-refractivity contribution in [1.29, 1.82) is 5.26 Å². The average molecular weight is 568 g/mol. The van der Waals surface area contributed by atoms with Crippen molar-refractivity contribution in [2.45, 2.75) is 83.2 Å². The normalized spacial score (nSPS) is 14.4. The number of nitrogens with zero attached hydrogens (tertiary/aromatic N) is 4. The zero-order chi connectivity index (χ0) is 30.5. The lowest BCUT2D eigenvalue weighted by atomic mass is 9.96. The van der Waals surface area contributed by atoms with Crippen molar-refractivity contribution in [2.24, 2.45) is 10.7 Å². The molecule has 13 nitrogen and oxygen atoms in total. The highest BCUT2D eigenvalue weighted by molar-refractivity contribution is 5.89. The molecular weight excluding hydrogens is 530 g/mol. The van der Waals surface area contributed by atoms with Gasteiger partial charge in [-0.15, -0.1) is 0 Å². The maximum atomic E-state index is 11.7. The van der Waals surface area contributed by atoms with Crippen LogP contribution in [0.25, 0.3) is 0 Å². The molecule has 2 saturated carbocycles. The summed E-state index contributed by atoms with van der Waals surface area (Å²) in [6, 6.07) is 13.4. The Morgan fingerprint density at radius 3 is 1.71 bits per heavy atom. The number of nitro groups is 2. The first-order valence-electron chi connectivity index (χ1n) is 13.4. The fourth-order valence-corrected chi connectivity index (χ4v) is 4.10. The van der Waals surface area contributed by atoms with Gasteiger partial charge in [-0.25, -0.2) is 9.59 Å². The third-order valence-electron chi connectivity index (χ3n) is 6.16. The van der Waals surface area contributed by atoms with Crippen LogP contribution in [0.4, 0.5) is 27.5 Å². The Morgan fingerprint density at radius 2 is 1.32 bits per heavy atom. The molecule has 41 heavy (non-hydrogen) atoms. The van der Waals surface area contributed by atoms with Crippen LogP contribution in [0, 0.1) is 31.6 Å². The molecule has 0 bridgehead atoms. The topological polar surface area (TPSA) is 207 Å². The smallest absolute Gasteiger partial charge is 0.319 e. The fourth-order valence-electron chi connectivity index (χ4n) is 4.10. The molecule has 2 aliphatic rings. The predicted octanol–water partition coefficient (Wildman–Crippen LogP) is 6.42. The molecule has 2 amide bonds.